The van der Waals surface area contributed by atoms with Crippen molar-refractivity contribution in [2.24, 2.45) is 0 Å². The lowest BCUT2D eigenvalue weighted by atomic mass is 9.95. The van der Waals surface area contributed by atoms with Gasteiger partial charge in [-0.1, -0.05) is 53.6 Å². The van der Waals surface area contributed by atoms with Gasteiger partial charge in [-0.05, 0) is 81.5 Å². The van der Waals surface area contributed by atoms with Crippen LogP contribution in [0.15, 0.2) is 78.4 Å². The van der Waals surface area contributed by atoms with Gasteiger partial charge < -0.3 is 19.6 Å². The van der Waals surface area contributed by atoms with Crippen molar-refractivity contribution in [3.63, 3.8) is 0 Å². The Kier molecular flexibility index (Phi) is 8.31. The number of halogens is 1. The van der Waals surface area contributed by atoms with Gasteiger partial charge in [0.05, 0.1) is 11.6 Å². The van der Waals surface area contributed by atoms with E-state index >= 15 is 0 Å². The van der Waals surface area contributed by atoms with Gasteiger partial charge in [0, 0.05) is 17.1 Å². The second kappa shape index (κ2) is 11.6. The third kappa shape index (κ3) is 6.21. The number of hydrogen-bond donors (Lipinski definition) is 1. The lowest BCUT2D eigenvalue weighted by Gasteiger charge is -2.26. The molecule has 1 heterocycles. The number of hydrogen-bond acceptors (Lipinski definition) is 5. The molecule has 7 heteroatoms. The van der Waals surface area contributed by atoms with Crippen molar-refractivity contribution in [1.29, 1.82) is 0 Å². The Hall–Kier alpha value is -3.61. The van der Waals surface area contributed by atoms with Gasteiger partial charge in [0.1, 0.15) is 18.1 Å². The number of carbonyl (C=O) groups excluding carboxylic acids is 2. The van der Waals surface area contributed by atoms with Gasteiger partial charge in [-0.15, -0.1) is 0 Å². The molecule has 192 valence electrons. The number of benzene rings is 3. The average molecular weight is 519 g/mol. The number of nitrogens with zero attached hydrogens (tertiary/aromatic N) is 2. The number of ketones is 1. The third-order valence-electron chi connectivity index (χ3n) is 6.35. The first-order valence-electron chi connectivity index (χ1n) is 12.2. The predicted molar refractivity (Wildman–Crippen MR) is 146 cm³/mol. The fraction of sp³-hybridized carbons (Fsp3) is 0.267. The first-order valence-corrected chi connectivity index (χ1v) is 12.6. The number of aliphatic hydroxyl groups excluding tert-OH is 1. The van der Waals surface area contributed by atoms with Crippen molar-refractivity contribution < 1.29 is 19.4 Å². The monoisotopic (exact) mass is 518 g/mol. The summed E-state index contributed by atoms with van der Waals surface area (Å²) in [7, 11) is 3.91. The molecule has 4 rings (SSSR count). The summed E-state index contributed by atoms with van der Waals surface area (Å²) in [5.74, 6) is -0.879. The molecule has 1 aliphatic rings. The molecule has 1 amide bonds. The zero-order valence-corrected chi connectivity index (χ0v) is 22.0. The van der Waals surface area contributed by atoms with Crippen LogP contribution in [0.25, 0.3) is 5.76 Å². The van der Waals surface area contributed by atoms with Crippen LogP contribution < -0.4 is 4.74 Å². The molecule has 37 heavy (non-hydrogen) atoms. The molecule has 0 spiro atoms. The molecule has 0 bridgehead atoms. The lowest BCUT2D eigenvalue weighted by Crippen LogP contribution is -2.32. The maximum Gasteiger partial charge on any atom is 0.295 e. The van der Waals surface area contributed by atoms with Crippen LogP contribution in [-0.4, -0.2) is 53.8 Å². The normalized spacial score (nSPS) is 17.0. The van der Waals surface area contributed by atoms with E-state index in [-0.39, 0.29) is 11.3 Å². The summed E-state index contributed by atoms with van der Waals surface area (Å²) in [5.41, 5.74) is 3.45. The SMILES string of the molecule is Cc1cccc(COc2ccc(/C(O)=C3\C(=O)C(=O)N(CCCN(C)C)[C@@H]3c3ccc(Cl)cc3)cc2)c1. The minimum absolute atomic E-state index is 0.0746. The Balaban J connectivity index is 1.62. The number of Topliss-reactive ketones (excluding diaryl/α,β-unsaturated/α-hetero) is 1. The van der Waals surface area contributed by atoms with Crippen LogP contribution in [0.2, 0.25) is 5.02 Å². The lowest BCUT2D eigenvalue weighted by molar-refractivity contribution is -0.139. The predicted octanol–water partition coefficient (Wildman–Crippen LogP) is 5.60. The Bertz CT molecular complexity index is 1300. The van der Waals surface area contributed by atoms with Gasteiger partial charge in [-0.2, -0.15) is 0 Å². The summed E-state index contributed by atoms with van der Waals surface area (Å²) in [6, 6.07) is 21.3. The maximum absolute atomic E-state index is 13.2. The van der Waals surface area contributed by atoms with Gasteiger partial charge in [-0.3, -0.25) is 9.59 Å². The standard InChI is InChI=1S/C30H31ClN2O4/c1-20-6-4-7-21(18-20)19-37-25-14-10-23(11-15-25)28(34)26-27(22-8-12-24(31)13-9-22)33(30(36)29(26)35)17-5-16-32(2)3/h4,6-15,18,27,34H,5,16-17,19H2,1-3H3/b28-26+/t27-/m1/s1. The number of amides is 1. The van der Waals surface area contributed by atoms with E-state index < -0.39 is 17.7 Å². The highest BCUT2D eigenvalue weighted by Crippen LogP contribution is 2.40. The second-order valence-corrected chi connectivity index (χ2v) is 9.94. The molecule has 1 atom stereocenters. The highest BCUT2D eigenvalue weighted by atomic mass is 35.5. The molecule has 0 aliphatic carbocycles. The van der Waals surface area contributed by atoms with Crippen LogP contribution in [0.5, 0.6) is 5.75 Å². The van der Waals surface area contributed by atoms with E-state index in [0.717, 1.165) is 17.7 Å². The number of rotatable bonds is 9. The zero-order chi connectivity index (χ0) is 26.5. The van der Waals surface area contributed by atoms with Gasteiger partial charge in [0.15, 0.2) is 0 Å². The molecule has 1 aliphatic heterocycles. The highest BCUT2D eigenvalue weighted by Gasteiger charge is 2.45. The molecule has 1 fully saturated rings. The van der Waals surface area contributed by atoms with Crippen molar-refractivity contribution in [2.75, 3.05) is 27.2 Å². The summed E-state index contributed by atoms with van der Waals surface area (Å²) in [5, 5.41) is 11.8. The summed E-state index contributed by atoms with van der Waals surface area (Å²) in [4.78, 5) is 29.8. The van der Waals surface area contributed by atoms with Crippen LogP contribution in [0.3, 0.4) is 0 Å². The molecule has 0 unspecified atom stereocenters. The molecule has 3 aromatic carbocycles. The van der Waals surface area contributed by atoms with Gasteiger partial charge >= 0.3 is 0 Å². The van der Waals surface area contributed by atoms with Crippen LogP contribution in [-0.2, 0) is 16.2 Å². The van der Waals surface area contributed by atoms with Crippen LogP contribution in [0.4, 0.5) is 0 Å². The number of ether oxygens (including phenoxy) is 1. The third-order valence-corrected chi connectivity index (χ3v) is 6.60. The van der Waals surface area contributed by atoms with E-state index in [2.05, 4.69) is 6.07 Å². The van der Waals surface area contributed by atoms with Crippen molar-refractivity contribution in [2.45, 2.75) is 26.0 Å². The van der Waals surface area contributed by atoms with E-state index in [1.165, 1.54) is 0 Å². The van der Waals surface area contributed by atoms with Crippen molar-refractivity contribution >= 4 is 29.1 Å². The van der Waals surface area contributed by atoms with E-state index in [4.69, 9.17) is 16.3 Å². The minimum atomic E-state index is -0.698. The summed E-state index contributed by atoms with van der Waals surface area (Å²) < 4.78 is 5.88. The first-order chi connectivity index (χ1) is 17.7. The minimum Gasteiger partial charge on any atom is -0.507 e. The fourth-order valence-electron chi connectivity index (χ4n) is 4.49. The number of aryl methyl sites for hydroxylation is 1. The van der Waals surface area contributed by atoms with E-state index in [1.807, 2.05) is 44.1 Å². The molecular weight excluding hydrogens is 488 g/mol. The van der Waals surface area contributed by atoms with Gasteiger partial charge in [-0.25, -0.2) is 0 Å². The van der Waals surface area contributed by atoms with E-state index in [1.54, 1.807) is 53.4 Å². The van der Waals surface area contributed by atoms with Crippen molar-refractivity contribution in [3.05, 3.63) is 106 Å². The molecule has 0 aromatic heterocycles. The Morgan fingerprint density at radius 1 is 1.03 bits per heavy atom. The van der Waals surface area contributed by atoms with Crippen LogP contribution >= 0.6 is 11.6 Å². The Morgan fingerprint density at radius 3 is 2.38 bits per heavy atom. The molecule has 1 N–H and O–H groups in total. The fourth-order valence-corrected chi connectivity index (χ4v) is 4.62. The molecule has 0 saturated carbocycles. The highest BCUT2D eigenvalue weighted by molar-refractivity contribution is 6.46. The first kappa shape index (κ1) is 26.5. The molecule has 3 aromatic rings. The van der Waals surface area contributed by atoms with Gasteiger partial charge in [0.2, 0.25) is 0 Å². The van der Waals surface area contributed by atoms with E-state index in [9.17, 15) is 14.7 Å². The average Bonchev–Trinajstić information content (AvgIpc) is 3.13. The molecular formula is C30H31ClN2O4. The number of aliphatic hydroxyl groups is 1. The molecule has 1 saturated heterocycles. The van der Waals surface area contributed by atoms with E-state index in [0.29, 0.717) is 41.5 Å². The Labute approximate surface area is 222 Å². The summed E-state index contributed by atoms with van der Waals surface area (Å²) >= 11 is 6.09. The summed E-state index contributed by atoms with van der Waals surface area (Å²) in [6.07, 6.45) is 0.692. The second-order valence-electron chi connectivity index (χ2n) is 9.50. The largest absolute Gasteiger partial charge is 0.507 e. The quantitative estimate of drug-likeness (QED) is 0.227. The van der Waals surface area contributed by atoms with Crippen molar-refractivity contribution in [3.8, 4) is 5.75 Å². The van der Waals surface area contributed by atoms with Crippen LogP contribution in [0.1, 0.15) is 34.7 Å². The molecule has 0 radical (unpaired) electrons. The molecule has 6 nitrogen and oxygen atoms in total. The topological polar surface area (TPSA) is 70.1 Å². The smallest absolute Gasteiger partial charge is 0.295 e. The van der Waals surface area contributed by atoms with Crippen LogP contribution in [0, 0.1) is 6.92 Å². The van der Waals surface area contributed by atoms with Crippen molar-refractivity contribution in [1.82, 2.24) is 9.80 Å². The number of carbonyl (C=O) groups is 2. The maximum atomic E-state index is 13.2. The number of likely N-dealkylation sites (tertiary alicyclic amines) is 1. The zero-order valence-electron chi connectivity index (χ0n) is 21.3. The van der Waals surface area contributed by atoms with Gasteiger partial charge in [0.25, 0.3) is 11.7 Å². The summed E-state index contributed by atoms with van der Waals surface area (Å²) in [6.45, 7) is 3.60. The Morgan fingerprint density at radius 2 is 1.73 bits per heavy atom.